The molecule has 4 N–H and O–H groups in total. The molecular weight excluding hydrogens is 602 g/mol. The van der Waals surface area contributed by atoms with E-state index < -0.39 is 18.2 Å². The lowest BCUT2D eigenvalue weighted by atomic mass is 10.0. The van der Waals surface area contributed by atoms with E-state index in [2.05, 4.69) is 36.5 Å². The van der Waals surface area contributed by atoms with Crippen molar-refractivity contribution in [3.63, 3.8) is 0 Å². The number of fused-ring (bicyclic) bond motifs is 4. The lowest BCUT2D eigenvalue weighted by Gasteiger charge is -2.22. The molecule has 234 valence electrons. The van der Waals surface area contributed by atoms with E-state index in [-0.39, 0.29) is 18.5 Å². The number of imidazole rings is 1. The van der Waals surface area contributed by atoms with Crippen molar-refractivity contribution in [1.82, 2.24) is 35.5 Å². The van der Waals surface area contributed by atoms with Gasteiger partial charge < -0.3 is 25.1 Å². The summed E-state index contributed by atoms with van der Waals surface area (Å²) >= 11 is 6.22. The second-order valence-electron chi connectivity index (χ2n) is 10.1. The Bertz CT molecular complexity index is 1690. The smallest absolute Gasteiger partial charge is 0.411 e. The van der Waals surface area contributed by atoms with Crippen molar-refractivity contribution >= 4 is 47.0 Å². The number of methoxy groups -OCH3 is 1. The largest absolute Gasteiger partial charge is 0.464 e. The third kappa shape index (κ3) is 7.84. The Morgan fingerprint density at radius 1 is 1.16 bits per heavy atom. The molecule has 0 saturated carbocycles. The molecule has 2 atom stereocenters. The number of nitrogens with one attached hydrogen (secondary N) is 4. The fourth-order valence-electron chi connectivity index (χ4n) is 4.96. The molecular formula is C30H32ClN9O5. The van der Waals surface area contributed by atoms with Crippen molar-refractivity contribution in [3.8, 4) is 16.9 Å². The number of tetrazole rings is 1. The molecule has 0 saturated heterocycles. The van der Waals surface area contributed by atoms with E-state index in [0.29, 0.717) is 70.4 Å². The highest BCUT2D eigenvalue weighted by Gasteiger charge is 2.25. The minimum atomic E-state index is -0.641. The standard InChI is InChI=1S/C30H32ClN9O5/c1-3-45-29(42)23-7-5-4-6-22(36-27(41)13-8-18-14-19(31)9-12-26(18)40-17-33-38-39-40)28-32-16-25(37-28)21-11-10-20(15-24(21)35-23)34-30(43)44-2/h8-17,22-23,35H,3-7H2,1-2H3,(H,32,37)(H,34,43)(H,36,41)/b13-8+/t22-,23-/m0/s1. The van der Waals surface area contributed by atoms with Gasteiger partial charge in [0.05, 0.1) is 31.1 Å². The lowest BCUT2D eigenvalue weighted by molar-refractivity contribution is -0.144. The Labute approximate surface area is 263 Å². The zero-order chi connectivity index (χ0) is 31.8. The zero-order valence-electron chi connectivity index (χ0n) is 24.6. The number of rotatable bonds is 7. The molecule has 5 rings (SSSR count). The van der Waals surface area contributed by atoms with E-state index in [0.717, 1.165) is 0 Å². The first-order chi connectivity index (χ1) is 21.8. The highest BCUT2D eigenvalue weighted by Crippen LogP contribution is 2.33. The number of ether oxygens (including phenoxy) is 2. The summed E-state index contributed by atoms with van der Waals surface area (Å²) in [5.41, 5.74) is 3.62. The predicted molar refractivity (Wildman–Crippen MR) is 167 cm³/mol. The van der Waals surface area contributed by atoms with Crippen molar-refractivity contribution in [2.24, 2.45) is 0 Å². The van der Waals surface area contributed by atoms with E-state index in [1.165, 1.54) is 24.2 Å². The number of hydrogen-bond donors (Lipinski definition) is 4. The molecule has 2 aromatic heterocycles. The van der Waals surface area contributed by atoms with Crippen LogP contribution >= 0.6 is 11.6 Å². The quantitative estimate of drug-likeness (QED) is 0.165. The fourth-order valence-corrected chi connectivity index (χ4v) is 5.15. The first kappa shape index (κ1) is 31.2. The van der Waals surface area contributed by atoms with Gasteiger partial charge in [0.15, 0.2) is 0 Å². The molecule has 1 aliphatic heterocycles. The van der Waals surface area contributed by atoms with E-state index in [4.69, 9.17) is 26.1 Å². The van der Waals surface area contributed by atoms with Crippen molar-refractivity contribution in [3.05, 3.63) is 71.4 Å². The van der Waals surface area contributed by atoms with Crippen molar-refractivity contribution < 1.29 is 23.9 Å². The van der Waals surface area contributed by atoms with Gasteiger partial charge in [0.1, 0.15) is 18.2 Å². The van der Waals surface area contributed by atoms with Crippen LogP contribution in [0.4, 0.5) is 16.2 Å². The summed E-state index contributed by atoms with van der Waals surface area (Å²) in [5.74, 6) is -0.140. The molecule has 2 bridgehead atoms. The van der Waals surface area contributed by atoms with Gasteiger partial charge in [0.2, 0.25) is 5.91 Å². The van der Waals surface area contributed by atoms with Crippen LogP contribution in [0.15, 0.2) is 55.0 Å². The zero-order valence-corrected chi connectivity index (χ0v) is 25.4. The molecule has 0 fully saturated rings. The van der Waals surface area contributed by atoms with E-state index in [1.807, 2.05) is 0 Å². The maximum atomic E-state index is 13.2. The molecule has 0 spiro atoms. The van der Waals surface area contributed by atoms with Gasteiger partial charge in [-0.2, -0.15) is 4.68 Å². The Balaban J connectivity index is 1.41. The van der Waals surface area contributed by atoms with Crippen LogP contribution in [0, 0.1) is 0 Å². The van der Waals surface area contributed by atoms with Gasteiger partial charge in [-0.3, -0.25) is 10.1 Å². The summed E-state index contributed by atoms with van der Waals surface area (Å²) in [6.45, 7) is 2.00. The minimum Gasteiger partial charge on any atom is -0.464 e. The molecule has 14 nitrogen and oxygen atoms in total. The number of esters is 1. The molecule has 45 heavy (non-hydrogen) atoms. The molecule has 2 aromatic carbocycles. The van der Waals surface area contributed by atoms with Gasteiger partial charge in [-0.1, -0.05) is 24.4 Å². The number of amides is 2. The normalized spacial score (nSPS) is 16.4. The van der Waals surface area contributed by atoms with Crippen LogP contribution in [0.2, 0.25) is 5.02 Å². The number of carbonyl (C=O) groups excluding carboxylic acids is 3. The third-order valence-electron chi connectivity index (χ3n) is 7.11. The Hall–Kier alpha value is -5.24. The fraction of sp³-hybridized carbons (Fsp3) is 0.300. The number of nitrogens with zero attached hydrogens (tertiary/aromatic N) is 5. The molecule has 0 radical (unpaired) electrons. The molecule has 0 unspecified atom stereocenters. The number of halogens is 1. The summed E-state index contributed by atoms with van der Waals surface area (Å²) in [7, 11) is 1.28. The average Bonchev–Trinajstić information content (AvgIpc) is 3.74. The number of H-pyrrole nitrogens is 1. The second kappa shape index (κ2) is 14.5. The maximum absolute atomic E-state index is 13.2. The van der Waals surface area contributed by atoms with Crippen LogP contribution in [0.25, 0.3) is 23.0 Å². The van der Waals surface area contributed by atoms with E-state index in [1.54, 1.807) is 55.6 Å². The first-order valence-corrected chi connectivity index (χ1v) is 14.7. The Morgan fingerprint density at radius 2 is 2.00 bits per heavy atom. The second-order valence-corrected chi connectivity index (χ2v) is 10.6. The SMILES string of the molecule is CCOC(=O)[C@@H]1CCCC[C@H](NC(=O)/C=C/c2cc(Cl)ccc2-n2cnnn2)c2nc(c[nH]2)-c2ccc(NC(=O)OC)cc2N1. The van der Waals surface area contributed by atoms with Gasteiger partial charge in [-0.25, -0.2) is 14.6 Å². The van der Waals surface area contributed by atoms with E-state index in [9.17, 15) is 14.4 Å². The summed E-state index contributed by atoms with van der Waals surface area (Å²) in [4.78, 5) is 45.9. The molecule has 3 heterocycles. The summed E-state index contributed by atoms with van der Waals surface area (Å²) in [6.07, 6.45) is 8.05. The number of carbonyl (C=O) groups is 3. The molecule has 15 heteroatoms. The van der Waals surface area contributed by atoms with Crippen LogP contribution < -0.4 is 16.0 Å². The third-order valence-corrected chi connectivity index (χ3v) is 7.34. The van der Waals surface area contributed by atoms with Crippen molar-refractivity contribution in [1.29, 1.82) is 0 Å². The van der Waals surface area contributed by atoms with E-state index >= 15 is 0 Å². The highest BCUT2D eigenvalue weighted by molar-refractivity contribution is 6.30. The topological polar surface area (TPSA) is 178 Å². The number of aromatic nitrogens is 6. The summed E-state index contributed by atoms with van der Waals surface area (Å²) in [6, 6.07) is 9.32. The van der Waals surface area contributed by atoms with Crippen LogP contribution in [0.3, 0.4) is 0 Å². The number of benzene rings is 2. The van der Waals surface area contributed by atoms with Crippen LogP contribution in [-0.4, -0.2) is 67.9 Å². The predicted octanol–water partition coefficient (Wildman–Crippen LogP) is 4.67. The van der Waals surface area contributed by atoms with Crippen molar-refractivity contribution in [2.75, 3.05) is 24.4 Å². The summed E-state index contributed by atoms with van der Waals surface area (Å²) in [5, 5.41) is 20.8. The number of hydrogen-bond acceptors (Lipinski definition) is 10. The lowest BCUT2D eigenvalue weighted by Crippen LogP contribution is -2.32. The highest BCUT2D eigenvalue weighted by atomic mass is 35.5. The minimum absolute atomic E-state index is 0.241. The monoisotopic (exact) mass is 633 g/mol. The van der Waals surface area contributed by atoms with Crippen LogP contribution in [0.5, 0.6) is 0 Å². The molecule has 0 aliphatic carbocycles. The maximum Gasteiger partial charge on any atom is 0.411 e. The Kier molecular flexibility index (Phi) is 10.0. The van der Waals surface area contributed by atoms with Gasteiger partial charge in [0.25, 0.3) is 0 Å². The van der Waals surface area contributed by atoms with Crippen LogP contribution in [-0.2, 0) is 19.1 Å². The number of anilines is 2. The summed E-state index contributed by atoms with van der Waals surface area (Å²) < 4.78 is 11.5. The van der Waals surface area contributed by atoms with Crippen LogP contribution in [0.1, 0.15) is 50.0 Å². The Morgan fingerprint density at radius 3 is 2.78 bits per heavy atom. The van der Waals surface area contributed by atoms with Gasteiger partial charge >= 0.3 is 12.1 Å². The van der Waals surface area contributed by atoms with Crippen molar-refractivity contribution in [2.45, 2.75) is 44.7 Å². The van der Waals surface area contributed by atoms with Gasteiger partial charge in [-0.15, -0.1) is 5.10 Å². The van der Waals surface area contributed by atoms with Gasteiger partial charge in [0, 0.05) is 39.8 Å². The molecule has 2 amide bonds. The first-order valence-electron chi connectivity index (χ1n) is 14.3. The number of aromatic amines is 1. The average molecular weight is 634 g/mol. The molecule has 1 aliphatic rings. The molecule has 4 aromatic rings. The van der Waals surface area contributed by atoms with Gasteiger partial charge in [-0.05, 0) is 72.7 Å².